The zero-order valence-electron chi connectivity index (χ0n) is 7.92. The van der Waals surface area contributed by atoms with Crippen molar-refractivity contribution >= 4 is 0 Å². The van der Waals surface area contributed by atoms with Gasteiger partial charge in [0.25, 0.3) is 0 Å². The molecule has 0 amide bonds. The topological polar surface area (TPSA) is 12.5 Å². The van der Waals surface area contributed by atoms with Crippen LogP contribution in [0.15, 0.2) is 11.6 Å². The Balaban J connectivity index is 2.22. The normalized spacial score (nSPS) is 31.3. The first kappa shape index (κ1) is 8.79. The van der Waals surface area contributed by atoms with Crippen LogP contribution in [0.3, 0.4) is 0 Å². The fourth-order valence-corrected chi connectivity index (χ4v) is 1.35. The van der Waals surface area contributed by atoms with E-state index in [0.717, 1.165) is 6.42 Å². The van der Waals surface area contributed by atoms with Crippen molar-refractivity contribution in [2.45, 2.75) is 46.3 Å². The average Bonchev–Trinajstić information content (AvgIpc) is 2.61. The Kier molecular flexibility index (Phi) is 2.72. The molecule has 0 N–H and O–H groups in total. The van der Waals surface area contributed by atoms with Crippen molar-refractivity contribution in [2.24, 2.45) is 5.92 Å². The maximum atomic E-state index is 5.38. The van der Waals surface area contributed by atoms with Gasteiger partial charge in [0.1, 0.15) is 0 Å². The van der Waals surface area contributed by atoms with Crippen molar-refractivity contribution in [3.05, 3.63) is 11.6 Å². The quantitative estimate of drug-likeness (QED) is 0.450. The van der Waals surface area contributed by atoms with Gasteiger partial charge < -0.3 is 4.74 Å². The van der Waals surface area contributed by atoms with Crippen LogP contribution in [0, 0.1) is 5.92 Å². The average molecular weight is 154 g/mol. The number of hydrogen-bond donors (Lipinski definition) is 0. The Morgan fingerprint density at radius 1 is 1.55 bits per heavy atom. The van der Waals surface area contributed by atoms with Crippen LogP contribution in [0.4, 0.5) is 0 Å². The summed E-state index contributed by atoms with van der Waals surface area (Å²) in [4.78, 5) is 0. The van der Waals surface area contributed by atoms with Gasteiger partial charge in [0.2, 0.25) is 0 Å². The van der Waals surface area contributed by atoms with Gasteiger partial charge >= 0.3 is 0 Å². The second kappa shape index (κ2) is 3.40. The number of allylic oxidation sites excluding steroid dienone is 2. The molecule has 0 aromatic carbocycles. The Hall–Kier alpha value is -0.300. The molecule has 0 aromatic rings. The standard InChI is InChI=1S/C10H18O/c1-7(2)5-6-8(3)10-9(4)11-10/h5,8-10H,6H2,1-4H3. The van der Waals surface area contributed by atoms with Crippen LogP contribution in [-0.2, 0) is 4.74 Å². The van der Waals surface area contributed by atoms with Crippen molar-refractivity contribution in [3.63, 3.8) is 0 Å². The Morgan fingerprint density at radius 3 is 2.45 bits per heavy atom. The van der Waals surface area contributed by atoms with E-state index in [9.17, 15) is 0 Å². The molecule has 1 heterocycles. The van der Waals surface area contributed by atoms with Gasteiger partial charge in [-0.05, 0) is 33.1 Å². The van der Waals surface area contributed by atoms with Crippen molar-refractivity contribution in [1.29, 1.82) is 0 Å². The van der Waals surface area contributed by atoms with E-state index in [4.69, 9.17) is 4.74 Å². The number of hydrogen-bond acceptors (Lipinski definition) is 1. The van der Waals surface area contributed by atoms with Crippen molar-refractivity contribution in [3.8, 4) is 0 Å². The van der Waals surface area contributed by atoms with Crippen LogP contribution >= 0.6 is 0 Å². The van der Waals surface area contributed by atoms with Crippen molar-refractivity contribution in [2.75, 3.05) is 0 Å². The van der Waals surface area contributed by atoms with Gasteiger partial charge in [-0.25, -0.2) is 0 Å². The predicted octanol–water partition coefficient (Wildman–Crippen LogP) is 2.77. The molecular formula is C10H18O. The zero-order chi connectivity index (χ0) is 8.43. The van der Waals surface area contributed by atoms with E-state index in [2.05, 4.69) is 33.8 Å². The Labute approximate surface area is 69.4 Å². The molecule has 1 aliphatic rings. The van der Waals surface area contributed by atoms with Crippen LogP contribution in [0.1, 0.15) is 34.1 Å². The van der Waals surface area contributed by atoms with Crippen molar-refractivity contribution < 1.29 is 4.74 Å². The molecule has 0 aliphatic carbocycles. The third-order valence-corrected chi connectivity index (χ3v) is 2.22. The summed E-state index contributed by atoms with van der Waals surface area (Å²) in [6, 6.07) is 0. The molecule has 3 atom stereocenters. The molecule has 0 bridgehead atoms. The van der Waals surface area contributed by atoms with Gasteiger partial charge in [-0.1, -0.05) is 18.6 Å². The molecule has 1 rings (SSSR count). The monoisotopic (exact) mass is 154 g/mol. The molecule has 3 unspecified atom stereocenters. The van der Waals surface area contributed by atoms with Crippen LogP contribution in [-0.4, -0.2) is 12.2 Å². The number of rotatable bonds is 3. The summed E-state index contributed by atoms with van der Waals surface area (Å²) in [6.45, 7) is 8.69. The molecule has 0 saturated carbocycles. The molecule has 1 aliphatic heterocycles. The molecule has 11 heavy (non-hydrogen) atoms. The summed E-state index contributed by atoms with van der Waals surface area (Å²) >= 11 is 0. The number of epoxide rings is 1. The second-order valence-electron chi connectivity index (χ2n) is 3.80. The Morgan fingerprint density at radius 2 is 2.09 bits per heavy atom. The smallest absolute Gasteiger partial charge is 0.0867 e. The van der Waals surface area contributed by atoms with Crippen LogP contribution in [0.2, 0.25) is 0 Å². The van der Waals surface area contributed by atoms with Crippen LogP contribution < -0.4 is 0 Å². The molecule has 1 saturated heterocycles. The highest BCUT2D eigenvalue weighted by molar-refractivity contribution is 4.97. The lowest BCUT2D eigenvalue weighted by Gasteiger charge is -2.03. The highest BCUT2D eigenvalue weighted by Gasteiger charge is 2.38. The third kappa shape index (κ3) is 2.66. The van der Waals surface area contributed by atoms with Crippen molar-refractivity contribution in [1.82, 2.24) is 0 Å². The first-order valence-electron chi connectivity index (χ1n) is 4.40. The maximum Gasteiger partial charge on any atom is 0.0867 e. The van der Waals surface area contributed by atoms with Crippen LogP contribution in [0.25, 0.3) is 0 Å². The number of ether oxygens (including phenoxy) is 1. The third-order valence-electron chi connectivity index (χ3n) is 2.22. The lowest BCUT2D eigenvalue weighted by Crippen LogP contribution is -2.03. The SMILES string of the molecule is CC(C)=CCC(C)C1OC1C. The van der Waals surface area contributed by atoms with E-state index in [1.54, 1.807) is 0 Å². The summed E-state index contributed by atoms with van der Waals surface area (Å²) in [7, 11) is 0. The molecule has 0 aromatic heterocycles. The summed E-state index contributed by atoms with van der Waals surface area (Å²) in [5.41, 5.74) is 1.41. The van der Waals surface area contributed by atoms with Gasteiger partial charge in [-0.2, -0.15) is 0 Å². The molecule has 1 heteroatoms. The highest BCUT2D eigenvalue weighted by Crippen LogP contribution is 2.30. The van der Waals surface area contributed by atoms with Gasteiger partial charge in [-0.15, -0.1) is 0 Å². The fourth-order valence-electron chi connectivity index (χ4n) is 1.35. The molecular weight excluding hydrogens is 136 g/mol. The molecule has 64 valence electrons. The van der Waals surface area contributed by atoms with Gasteiger partial charge in [0.15, 0.2) is 0 Å². The first-order valence-corrected chi connectivity index (χ1v) is 4.40. The van der Waals surface area contributed by atoms with E-state index < -0.39 is 0 Å². The molecule has 1 nitrogen and oxygen atoms in total. The molecule has 0 radical (unpaired) electrons. The molecule has 1 fully saturated rings. The van der Waals surface area contributed by atoms with E-state index in [1.807, 2.05) is 0 Å². The maximum absolute atomic E-state index is 5.38. The largest absolute Gasteiger partial charge is 0.370 e. The Bertz CT molecular complexity index is 156. The zero-order valence-corrected chi connectivity index (χ0v) is 7.92. The van der Waals surface area contributed by atoms with Gasteiger partial charge in [0.05, 0.1) is 12.2 Å². The summed E-state index contributed by atoms with van der Waals surface area (Å²) in [5.74, 6) is 0.694. The minimum Gasteiger partial charge on any atom is -0.370 e. The first-order chi connectivity index (χ1) is 5.11. The highest BCUT2D eigenvalue weighted by atomic mass is 16.6. The van der Waals surface area contributed by atoms with E-state index >= 15 is 0 Å². The van der Waals surface area contributed by atoms with Gasteiger partial charge in [0, 0.05) is 0 Å². The minimum atomic E-state index is 0.510. The van der Waals surface area contributed by atoms with E-state index in [0.29, 0.717) is 18.1 Å². The van der Waals surface area contributed by atoms with E-state index in [-0.39, 0.29) is 0 Å². The second-order valence-corrected chi connectivity index (χ2v) is 3.80. The predicted molar refractivity (Wildman–Crippen MR) is 47.5 cm³/mol. The minimum absolute atomic E-state index is 0.510. The van der Waals surface area contributed by atoms with Crippen LogP contribution in [0.5, 0.6) is 0 Å². The lowest BCUT2D eigenvalue weighted by molar-refractivity contribution is 0.330. The molecule has 0 spiro atoms. The summed E-state index contributed by atoms with van der Waals surface area (Å²) in [6.07, 6.45) is 4.50. The summed E-state index contributed by atoms with van der Waals surface area (Å²) in [5, 5.41) is 0. The van der Waals surface area contributed by atoms with E-state index in [1.165, 1.54) is 5.57 Å². The fraction of sp³-hybridized carbons (Fsp3) is 0.800. The summed E-state index contributed by atoms with van der Waals surface area (Å²) < 4.78 is 5.38. The lowest BCUT2D eigenvalue weighted by atomic mass is 10.0. The van der Waals surface area contributed by atoms with Gasteiger partial charge in [-0.3, -0.25) is 0 Å².